The summed E-state index contributed by atoms with van der Waals surface area (Å²) in [5.74, 6) is 2.16. The Bertz CT molecular complexity index is 1660. The van der Waals surface area contributed by atoms with Crippen molar-refractivity contribution in [2.75, 3.05) is 26.4 Å². The summed E-state index contributed by atoms with van der Waals surface area (Å²) >= 11 is 0. The lowest BCUT2D eigenvalue weighted by Gasteiger charge is -2.12. The van der Waals surface area contributed by atoms with Crippen molar-refractivity contribution in [1.82, 2.24) is 0 Å². The van der Waals surface area contributed by atoms with E-state index in [0.717, 1.165) is 90.0 Å². The Morgan fingerprint density at radius 1 is 0.532 bits per heavy atom. The molecule has 0 atom stereocenters. The Kier molecular flexibility index (Phi) is 13.9. The van der Waals surface area contributed by atoms with E-state index in [1.807, 2.05) is 36.4 Å². The highest BCUT2D eigenvalue weighted by Crippen LogP contribution is 2.31. The SMILES string of the molecule is C=CC(=O)OCCCCCCOc1ccc(OC(=C)c2ccc3c(ccc4cc(OCCCCCCOC(=O)C=C)ccc43)c2)cc1. The van der Waals surface area contributed by atoms with Gasteiger partial charge in [0.2, 0.25) is 0 Å². The standard InChI is InChI=1S/C40H44O7/c1-4-39(41)45-26-12-8-6-10-24-43-34-17-19-35(20-18-34)47-30(3)31-16-22-37-32(28-31)14-15-33-29-36(21-23-38(33)37)44-25-11-7-9-13-27-46-40(42)5-2/h4-5,14-23,28-29H,1-3,6-13,24-27H2. The Morgan fingerprint density at radius 2 is 1.00 bits per heavy atom. The predicted molar refractivity (Wildman–Crippen MR) is 188 cm³/mol. The minimum Gasteiger partial charge on any atom is -0.494 e. The molecule has 0 unspecified atom stereocenters. The number of benzene rings is 4. The maximum absolute atomic E-state index is 11.1. The molecule has 4 aromatic carbocycles. The molecule has 0 saturated heterocycles. The normalized spacial score (nSPS) is 10.7. The lowest BCUT2D eigenvalue weighted by Crippen LogP contribution is -2.02. The zero-order valence-electron chi connectivity index (χ0n) is 27.0. The summed E-state index contributed by atoms with van der Waals surface area (Å²) < 4.78 is 27.9. The lowest BCUT2D eigenvalue weighted by atomic mass is 9.99. The molecule has 7 heteroatoms. The molecule has 4 aromatic rings. The van der Waals surface area contributed by atoms with Crippen LogP contribution < -0.4 is 14.2 Å². The molecule has 0 amide bonds. The fraction of sp³-hybridized carbons (Fsp3) is 0.300. The van der Waals surface area contributed by atoms with Crippen LogP contribution in [0, 0.1) is 0 Å². The predicted octanol–water partition coefficient (Wildman–Crippen LogP) is 9.38. The number of unbranched alkanes of at least 4 members (excludes halogenated alkanes) is 6. The van der Waals surface area contributed by atoms with Gasteiger partial charge >= 0.3 is 11.9 Å². The van der Waals surface area contributed by atoms with Gasteiger partial charge in [-0.2, -0.15) is 0 Å². The summed E-state index contributed by atoms with van der Waals surface area (Å²) in [6.07, 6.45) is 9.90. The van der Waals surface area contributed by atoms with Gasteiger partial charge in [-0.15, -0.1) is 0 Å². The van der Waals surface area contributed by atoms with E-state index < -0.39 is 0 Å². The molecule has 0 aliphatic heterocycles. The van der Waals surface area contributed by atoms with Gasteiger partial charge < -0.3 is 23.7 Å². The first-order valence-electron chi connectivity index (χ1n) is 16.2. The van der Waals surface area contributed by atoms with Crippen molar-refractivity contribution in [2.45, 2.75) is 51.4 Å². The number of carbonyl (C=O) groups excluding carboxylic acids is 2. The first-order chi connectivity index (χ1) is 23.0. The number of hydrogen-bond donors (Lipinski definition) is 0. The monoisotopic (exact) mass is 636 g/mol. The average Bonchev–Trinajstić information content (AvgIpc) is 3.10. The van der Waals surface area contributed by atoms with E-state index in [0.29, 0.717) is 37.9 Å². The fourth-order valence-electron chi connectivity index (χ4n) is 5.08. The van der Waals surface area contributed by atoms with Crippen LogP contribution in [0.2, 0.25) is 0 Å². The van der Waals surface area contributed by atoms with Gasteiger partial charge in [-0.3, -0.25) is 0 Å². The summed E-state index contributed by atoms with van der Waals surface area (Å²) in [6, 6.07) is 24.2. The van der Waals surface area contributed by atoms with E-state index in [4.69, 9.17) is 23.7 Å². The molecule has 0 heterocycles. The Hall–Kier alpha value is -5.04. The van der Waals surface area contributed by atoms with Crippen LogP contribution in [-0.2, 0) is 19.1 Å². The molecular weight excluding hydrogens is 592 g/mol. The van der Waals surface area contributed by atoms with Crippen molar-refractivity contribution in [1.29, 1.82) is 0 Å². The quantitative estimate of drug-likeness (QED) is 0.0296. The molecule has 0 radical (unpaired) electrons. The number of carbonyl (C=O) groups is 2. The molecule has 246 valence electrons. The molecule has 0 fully saturated rings. The molecule has 0 bridgehead atoms. The Balaban J connectivity index is 1.21. The third-order valence-corrected chi connectivity index (χ3v) is 7.63. The number of fused-ring (bicyclic) bond motifs is 3. The summed E-state index contributed by atoms with van der Waals surface area (Å²) in [5.41, 5.74) is 0.912. The highest BCUT2D eigenvalue weighted by atomic mass is 16.5. The van der Waals surface area contributed by atoms with Crippen LogP contribution in [0.15, 0.2) is 105 Å². The van der Waals surface area contributed by atoms with Gasteiger partial charge in [0.1, 0.15) is 23.0 Å². The molecule has 0 aliphatic rings. The van der Waals surface area contributed by atoms with Gasteiger partial charge in [0.15, 0.2) is 0 Å². The second-order valence-electron chi connectivity index (χ2n) is 11.1. The zero-order valence-corrected chi connectivity index (χ0v) is 27.0. The number of hydrogen-bond acceptors (Lipinski definition) is 7. The van der Waals surface area contributed by atoms with E-state index in [9.17, 15) is 9.59 Å². The third-order valence-electron chi connectivity index (χ3n) is 7.63. The number of esters is 2. The average molecular weight is 637 g/mol. The van der Waals surface area contributed by atoms with Gasteiger partial charge in [-0.1, -0.05) is 50.1 Å². The molecular formula is C40H44O7. The van der Waals surface area contributed by atoms with Crippen molar-refractivity contribution in [3.05, 3.63) is 110 Å². The van der Waals surface area contributed by atoms with E-state index in [1.165, 1.54) is 12.2 Å². The van der Waals surface area contributed by atoms with Crippen molar-refractivity contribution < 1.29 is 33.3 Å². The van der Waals surface area contributed by atoms with Crippen LogP contribution in [-0.4, -0.2) is 38.4 Å². The highest BCUT2D eigenvalue weighted by Gasteiger charge is 2.08. The van der Waals surface area contributed by atoms with Crippen molar-refractivity contribution in [2.24, 2.45) is 0 Å². The van der Waals surface area contributed by atoms with E-state index in [-0.39, 0.29) is 11.9 Å². The van der Waals surface area contributed by atoms with Gasteiger partial charge in [-0.05, 0) is 115 Å². The Labute approximate surface area is 277 Å². The van der Waals surface area contributed by atoms with Crippen LogP contribution in [0.1, 0.15) is 56.9 Å². The minimum absolute atomic E-state index is 0.370. The van der Waals surface area contributed by atoms with Gasteiger partial charge in [-0.25, -0.2) is 9.59 Å². The topological polar surface area (TPSA) is 80.3 Å². The first-order valence-corrected chi connectivity index (χ1v) is 16.2. The summed E-state index contributed by atoms with van der Waals surface area (Å²) in [4.78, 5) is 22.1. The molecule has 7 nitrogen and oxygen atoms in total. The maximum atomic E-state index is 11.1. The summed E-state index contributed by atoms with van der Waals surface area (Å²) in [7, 11) is 0. The Morgan fingerprint density at radius 3 is 1.57 bits per heavy atom. The van der Waals surface area contributed by atoms with Crippen LogP contribution >= 0.6 is 0 Å². The highest BCUT2D eigenvalue weighted by molar-refractivity contribution is 6.08. The molecule has 47 heavy (non-hydrogen) atoms. The van der Waals surface area contributed by atoms with Crippen LogP contribution in [0.25, 0.3) is 27.3 Å². The van der Waals surface area contributed by atoms with Gasteiger partial charge in [0, 0.05) is 17.7 Å². The summed E-state index contributed by atoms with van der Waals surface area (Å²) in [6.45, 7) is 13.1. The number of rotatable bonds is 21. The summed E-state index contributed by atoms with van der Waals surface area (Å²) in [5, 5.41) is 4.54. The zero-order chi connectivity index (χ0) is 33.3. The maximum Gasteiger partial charge on any atom is 0.330 e. The number of ether oxygens (including phenoxy) is 5. The molecule has 0 saturated carbocycles. The van der Waals surface area contributed by atoms with Crippen molar-refractivity contribution in [3.8, 4) is 17.2 Å². The van der Waals surface area contributed by atoms with Crippen LogP contribution in [0.3, 0.4) is 0 Å². The largest absolute Gasteiger partial charge is 0.494 e. The second-order valence-corrected chi connectivity index (χ2v) is 11.1. The molecule has 4 rings (SSSR count). The van der Waals surface area contributed by atoms with Crippen LogP contribution in [0.4, 0.5) is 0 Å². The van der Waals surface area contributed by atoms with E-state index >= 15 is 0 Å². The smallest absolute Gasteiger partial charge is 0.330 e. The van der Waals surface area contributed by atoms with Gasteiger partial charge in [0.25, 0.3) is 0 Å². The van der Waals surface area contributed by atoms with Gasteiger partial charge in [0.05, 0.1) is 26.4 Å². The minimum atomic E-state index is -0.375. The lowest BCUT2D eigenvalue weighted by molar-refractivity contribution is -0.138. The molecule has 0 aliphatic carbocycles. The van der Waals surface area contributed by atoms with Crippen molar-refractivity contribution >= 4 is 39.2 Å². The van der Waals surface area contributed by atoms with E-state index in [1.54, 1.807) is 0 Å². The van der Waals surface area contributed by atoms with E-state index in [2.05, 4.69) is 56.1 Å². The second kappa shape index (κ2) is 18.8. The fourth-order valence-corrected chi connectivity index (χ4v) is 5.08. The third kappa shape index (κ3) is 11.4. The van der Waals surface area contributed by atoms with Crippen LogP contribution in [0.5, 0.6) is 17.2 Å². The van der Waals surface area contributed by atoms with Crippen molar-refractivity contribution in [3.63, 3.8) is 0 Å². The molecule has 0 N–H and O–H groups in total. The molecule has 0 spiro atoms. The molecule has 0 aromatic heterocycles. The first kappa shape index (κ1) is 34.8.